The van der Waals surface area contributed by atoms with E-state index in [2.05, 4.69) is 34.8 Å². The molecule has 6 nitrogen and oxygen atoms in total. The lowest BCUT2D eigenvalue weighted by Gasteiger charge is -2.09. The van der Waals surface area contributed by atoms with Gasteiger partial charge in [0, 0.05) is 0 Å². The summed E-state index contributed by atoms with van der Waals surface area (Å²) < 4.78 is 35.9. The molecule has 2 aromatic rings. The second-order valence-corrected chi connectivity index (χ2v) is 6.42. The minimum absolute atomic E-state index is 0.227. The number of nitrogens with zero attached hydrogens (tertiary/aromatic N) is 2. The van der Waals surface area contributed by atoms with Gasteiger partial charge in [-0.2, -0.15) is 0 Å². The van der Waals surface area contributed by atoms with Gasteiger partial charge in [0.05, 0.1) is 18.5 Å². The van der Waals surface area contributed by atoms with Crippen molar-refractivity contribution >= 4 is 10.1 Å². The van der Waals surface area contributed by atoms with E-state index in [1.165, 1.54) is 31.9 Å². The number of aromatic hydroxyl groups is 1. The van der Waals surface area contributed by atoms with Gasteiger partial charge in [0.25, 0.3) is 0 Å². The zero-order valence-corrected chi connectivity index (χ0v) is 13.9. The molecule has 0 saturated carbocycles. The minimum atomic E-state index is -4.47. The molecule has 0 spiro atoms. The van der Waals surface area contributed by atoms with Crippen molar-refractivity contribution < 1.29 is 22.6 Å². The molecule has 0 radical (unpaired) electrons. The summed E-state index contributed by atoms with van der Waals surface area (Å²) in [5, 5.41) is 8.90. The van der Waals surface area contributed by atoms with Crippen LogP contribution >= 0.6 is 0 Å². The van der Waals surface area contributed by atoms with Crippen LogP contribution in [0.25, 0.3) is 0 Å². The SMILES string of the molecule is CCCC[n+]1ccn(C)c1.Cc1ccc(O)cc1S(=O)(=O)[O-]. The first-order valence-electron chi connectivity index (χ1n) is 7.00. The van der Waals surface area contributed by atoms with Gasteiger partial charge in [-0.3, -0.25) is 0 Å². The third kappa shape index (κ3) is 5.87. The average molecular weight is 326 g/mol. The maximum atomic E-state index is 10.5. The fraction of sp³-hybridized carbons (Fsp3) is 0.400. The molecular weight excluding hydrogens is 304 g/mol. The standard InChI is InChI=1S/C8H15N2.C7H8O4S/c1-3-4-5-10-7-6-9(2)8-10;1-5-2-3-6(8)4-7(5)12(9,10)11/h6-8H,3-5H2,1-2H3;2-4,8H,1H3,(H,9,10,11)/q+1;/p-1. The van der Waals surface area contributed by atoms with Crippen molar-refractivity contribution in [3.8, 4) is 5.75 Å². The van der Waals surface area contributed by atoms with Crippen LogP contribution < -0.4 is 4.57 Å². The second kappa shape index (κ2) is 7.95. The number of benzene rings is 1. The van der Waals surface area contributed by atoms with Gasteiger partial charge in [0.15, 0.2) is 0 Å². The number of phenolic OH excluding ortho intramolecular Hbond substituents is 1. The van der Waals surface area contributed by atoms with Crippen LogP contribution in [0.4, 0.5) is 0 Å². The van der Waals surface area contributed by atoms with E-state index in [9.17, 15) is 13.0 Å². The molecule has 22 heavy (non-hydrogen) atoms. The topological polar surface area (TPSA) is 86.2 Å². The Bertz CT molecular complexity index is 708. The average Bonchev–Trinajstić information content (AvgIpc) is 2.84. The van der Waals surface area contributed by atoms with Crippen molar-refractivity contribution in [1.29, 1.82) is 0 Å². The van der Waals surface area contributed by atoms with Crippen molar-refractivity contribution in [2.45, 2.75) is 38.1 Å². The molecule has 1 N–H and O–H groups in total. The highest BCUT2D eigenvalue weighted by atomic mass is 32.2. The summed E-state index contributed by atoms with van der Waals surface area (Å²) in [6, 6.07) is 3.64. The molecule has 0 saturated heterocycles. The summed E-state index contributed by atoms with van der Waals surface area (Å²) in [5.41, 5.74) is 0.336. The molecule has 1 aromatic heterocycles. The van der Waals surface area contributed by atoms with Crippen LogP contribution in [0, 0.1) is 6.92 Å². The number of rotatable bonds is 4. The largest absolute Gasteiger partial charge is 0.744 e. The molecule has 0 aliphatic rings. The maximum Gasteiger partial charge on any atom is 0.243 e. The number of unbranched alkanes of at least 4 members (excludes halogenated alkanes) is 1. The zero-order valence-electron chi connectivity index (χ0n) is 13.1. The number of phenols is 1. The monoisotopic (exact) mass is 326 g/mol. The molecular formula is C15H22N2O4S. The Hall–Kier alpha value is -1.86. The van der Waals surface area contributed by atoms with Gasteiger partial charge in [0.2, 0.25) is 6.33 Å². The van der Waals surface area contributed by atoms with E-state index >= 15 is 0 Å². The molecule has 0 fully saturated rings. The number of aryl methyl sites for hydroxylation is 3. The molecule has 0 amide bonds. The van der Waals surface area contributed by atoms with Crippen LogP contribution in [-0.4, -0.2) is 22.6 Å². The van der Waals surface area contributed by atoms with E-state index in [1.807, 2.05) is 7.05 Å². The molecule has 1 aromatic carbocycles. The Labute approximate surface area is 131 Å². The number of imidazole rings is 1. The quantitative estimate of drug-likeness (QED) is 0.684. The van der Waals surface area contributed by atoms with Crippen molar-refractivity contribution in [2.24, 2.45) is 7.05 Å². The van der Waals surface area contributed by atoms with Crippen molar-refractivity contribution in [3.05, 3.63) is 42.5 Å². The highest BCUT2D eigenvalue weighted by molar-refractivity contribution is 7.85. The van der Waals surface area contributed by atoms with Crippen molar-refractivity contribution in [3.63, 3.8) is 0 Å². The van der Waals surface area contributed by atoms with Crippen molar-refractivity contribution in [1.82, 2.24) is 4.57 Å². The van der Waals surface area contributed by atoms with Gasteiger partial charge < -0.3 is 9.66 Å². The molecule has 1 heterocycles. The van der Waals surface area contributed by atoms with E-state index in [4.69, 9.17) is 5.11 Å². The lowest BCUT2D eigenvalue weighted by Crippen LogP contribution is -2.30. The molecule has 0 unspecified atom stereocenters. The van der Waals surface area contributed by atoms with Crippen LogP contribution in [0.1, 0.15) is 25.3 Å². The predicted octanol–water partition coefficient (Wildman–Crippen LogP) is 1.72. The fourth-order valence-electron chi connectivity index (χ4n) is 1.83. The van der Waals surface area contributed by atoms with E-state index < -0.39 is 10.1 Å². The zero-order chi connectivity index (χ0) is 16.8. The fourth-order valence-corrected chi connectivity index (χ4v) is 2.56. The Morgan fingerprint density at radius 1 is 1.36 bits per heavy atom. The molecule has 0 aliphatic carbocycles. The van der Waals surface area contributed by atoms with E-state index in [-0.39, 0.29) is 10.6 Å². The Morgan fingerprint density at radius 2 is 2.05 bits per heavy atom. The normalized spacial score (nSPS) is 10.9. The summed E-state index contributed by atoms with van der Waals surface area (Å²) in [6.45, 7) is 4.85. The van der Waals surface area contributed by atoms with E-state index in [1.54, 1.807) is 0 Å². The third-order valence-electron chi connectivity index (χ3n) is 3.03. The Balaban J connectivity index is 0.000000224. The first-order chi connectivity index (χ1) is 10.2. The van der Waals surface area contributed by atoms with Gasteiger partial charge >= 0.3 is 0 Å². The van der Waals surface area contributed by atoms with Gasteiger partial charge in [-0.15, -0.1) is 0 Å². The summed E-state index contributed by atoms with van der Waals surface area (Å²) in [4.78, 5) is -0.373. The molecule has 0 atom stereocenters. The van der Waals surface area contributed by atoms with Gasteiger partial charge in [-0.1, -0.05) is 19.4 Å². The van der Waals surface area contributed by atoms with Crippen LogP contribution in [0.5, 0.6) is 5.75 Å². The second-order valence-electron chi connectivity index (χ2n) is 5.07. The first kappa shape index (κ1) is 18.2. The molecule has 0 bridgehead atoms. The van der Waals surface area contributed by atoms with E-state index in [0.717, 1.165) is 12.6 Å². The molecule has 0 aliphatic heterocycles. The predicted molar refractivity (Wildman–Crippen MR) is 81.3 cm³/mol. The Kier molecular flexibility index (Phi) is 6.58. The smallest absolute Gasteiger partial charge is 0.243 e. The van der Waals surface area contributed by atoms with Crippen LogP contribution in [0.15, 0.2) is 41.8 Å². The molecule has 122 valence electrons. The first-order valence-corrected chi connectivity index (χ1v) is 8.41. The highest BCUT2D eigenvalue weighted by Crippen LogP contribution is 2.19. The lowest BCUT2D eigenvalue weighted by atomic mass is 10.2. The lowest BCUT2D eigenvalue weighted by molar-refractivity contribution is -0.696. The third-order valence-corrected chi connectivity index (χ3v) is 4.01. The van der Waals surface area contributed by atoms with Gasteiger partial charge in [-0.25, -0.2) is 17.6 Å². The minimum Gasteiger partial charge on any atom is -0.744 e. The van der Waals surface area contributed by atoms with Crippen LogP contribution in [0.3, 0.4) is 0 Å². The number of hydrogen-bond acceptors (Lipinski definition) is 4. The summed E-state index contributed by atoms with van der Waals surface area (Å²) >= 11 is 0. The van der Waals surface area contributed by atoms with Crippen LogP contribution in [-0.2, 0) is 23.7 Å². The summed E-state index contributed by atoms with van der Waals surface area (Å²) in [5.74, 6) is -0.227. The molecule has 7 heteroatoms. The van der Waals surface area contributed by atoms with Gasteiger partial charge in [0.1, 0.15) is 28.3 Å². The molecule has 2 rings (SSSR count). The van der Waals surface area contributed by atoms with Crippen molar-refractivity contribution in [2.75, 3.05) is 0 Å². The number of aromatic nitrogens is 2. The maximum absolute atomic E-state index is 10.5. The van der Waals surface area contributed by atoms with E-state index in [0.29, 0.717) is 5.56 Å². The highest BCUT2D eigenvalue weighted by Gasteiger charge is 2.05. The summed E-state index contributed by atoms with van der Waals surface area (Å²) in [7, 11) is -2.42. The van der Waals surface area contributed by atoms with Crippen LogP contribution in [0.2, 0.25) is 0 Å². The number of hydrogen-bond donors (Lipinski definition) is 1. The Morgan fingerprint density at radius 3 is 2.50 bits per heavy atom. The summed E-state index contributed by atoms with van der Waals surface area (Å²) in [6.07, 6.45) is 8.82. The van der Waals surface area contributed by atoms with Gasteiger partial charge in [-0.05, 0) is 31.0 Å².